The van der Waals surface area contributed by atoms with Crippen LogP contribution < -0.4 is 0 Å². The maximum atomic E-state index is 12.9. The van der Waals surface area contributed by atoms with Crippen LogP contribution in [0.4, 0.5) is 0 Å². The van der Waals surface area contributed by atoms with E-state index < -0.39 is 0 Å². The minimum atomic E-state index is 0.0684. The van der Waals surface area contributed by atoms with Crippen LogP contribution >= 0.6 is 0 Å². The lowest BCUT2D eigenvalue weighted by molar-refractivity contribution is -0.151. The fourth-order valence-electron chi connectivity index (χ4n) is 13.3. The molecule has 55 heavy (non-hydrogen) atoms. The molecule has 0 saturated heterocycles. The van der Waals surface area contributed by atoms with E-state index in [1.807, 2.05) is 0 Å². The fourth-order valence-corrected chi connectivity index (χ4v) is 13.3. The van der Waals surface area contributed by atoms with Gasteiger partial charge in [-0.1, -0.05) is 201 Å². The topological polar surface area (TPSA) is 26.3 Å². The molecule has 4 aliphatic rings. The first-order valence-corrected chi connectivity index (χ1v) is 25.5. The summed E-state index contributed by atoms with van der Waals surface area (Å²) in [5.74, 6) is 6.17. The van der Waals surface area contributed by atoms with Gasteiger partial charge in [0.05, 0.1) is 0 Å². The van der Waals surface area contributed by atoms with Crippen molar-refractivity contribution in [1.82, 2.24) is 0 Å². The number of allylic oxidation sites excluding steroid dienone is 1. The van der Waals surface area contributed by atoms with Crippen LogP contribution in [-0.4, -0.2) is 12.1 Å². The van der Waals surface area contributed by atoms with Crippen molar-refractivity contribution in [3.05, 3.63) is 11.6 Å². The van der Waals surface area contributed by atoms with Crippen LogP contribution in [0.1, 0.15) is 260 Å². The molecule has 2 heteroatoms. The Kier molecular flexibility index (Phi) is 21.3. The lowest BCUT2D eigenvalue weighted by Gasteiger charge is -2.58. The van der Waals surface area contributed by atoms with E-state index in [-0.39, 0.29) is 12.1 Å². The molecule has 320 valence electrons. The van der Waals surface area contributed by atoms with Crippen molar-refractivity contribution in [3.63, 3.8) is 0 Å². The third-order valence-electron chi connectivity index (χ3n) is 17.1. The molecule has 0 aliphatic heterocycles. The van der Waals surface area contributed by atoms with Gasteiger partial charge in [0.1, 0.15) is 6.10 Å². The molecule has 3 saturated carbocycles. The second kappa shape index (κ2) is 25.0. The summed E-state index contributed by atoms with van der Waals surface area (Å²) in [6.45, 7) is 17.5. The summed E-state index contributed by atoms with van der Waals surface area (Å²) in [7, 11) is 0. The molecule has 0 aromatic heterocycles. The fraction of sp³-hybridized carbons (Fsp3) is 0.943. The van der Waals surface area contributed by atoms with Gasteiger partial charge in [-0.3, -0.25) is 4.79 Å². The first-order chi connectivity index (χ1) is 26.6. The molecule has 0 aromatic rings. The summed E-state index contributed by atoms with van der Waals surface area (Å²) in [6.07, 6.45) is 47.2. The quantitative estimate of drug-likeness (QED) is 0.0431. The van der Waals surface area contributed by atoms with Gasteiger partial charge in [-0.2, -0.15) is 0 Å². The van der Waals surface area contributed by atoms with Crippen molar-refractivity contribution in [2.45, 2.75) is 266 Å². The predicted octanol–water partition coefficient (Wildman–Crippen LogP) is 17.2. The Bertz CT molecular complexity index is 1070. The molecule has 0 unspecified atom stereocenters. The van der Waals surface area contributed by atoms with Crippen molar-refractivity contribution < 1.29 is 9.53 Å². The zero-order valence-corrected chi connectivity index (χ0v) is 38.3. The van der Waals surface area contributed by atoms with Crippen LogP contribution in [0.3, 0.4) is 0 Å². The summed E-state index contributed by atoms with van der Waals surface area (Å²) in [6, 6.07) is 0. The molecule has 0 spiro atoms. The Labute approximate surface area is 344 Å². The molecule has 4 aliphatic carbocycles. The summed E-state index contributed by atoms with van der Waals surface area (Å²) in [5.41, 5.74) is 2.52. The Morgan fingerprint density at radius 3 is 1.75 bits per heavy atom. The van der Waals surface area contributed by atoms with Crippen LogP contribution in [0.2, 0.25) is 0 Å². The van der Waals surface area contributed by atoms with Crippen LogP contribution in [0.25, 0.3) is 0 Å². The molecule has 2 nitrogen and oxygen atoms in total. The molecule has 0 amide bonds. The standard InChI is InChI=1S/C53H96O2/c1-8-10-11-12-13-14-15-16-17-18-19-20-21-22-23-24-25-26-27-28-29-30-51(54)55-46-37-39-52(6)45(41-46)33-34-47-49-36-35-48(53(49,7)40-38-50(47)52)43(5)31-32-44(9-2)42(3)4/h33,42-44,46-50H,8-32,34-41H2,1-7H3/t43-,44-,46+,47+,48-,49+,50+,52+,53-/m1/s1. The second-order valence-electron chi connectivity index (χ2n) is 21.1. The number of hydrogen-bond donors (Lipinski definition) is 0. The van der Waals surface area contributed by atoms with E-state index in [0.29, 0.717) is 17.3 Å². The van der Waals surface area contributed by atoms with Crippen molar-refractivity contribution in [3.8, 4) is 0 Å². The highest BCUT2D eigenvalue weighted by Gasteiger charge is 2.59. The number of carbonyl (C=O) groups excluding carboxylic acids is 1. The average Bonchev–Trinajstić information content (AvgIpc) is 3.53. The molecule has 4 rings (SSSR count). The second-order valence-corrected chi connectivity index (χ2v) is 21.1. The third kappa shape index (κ3) is 14.2. The van der Waals surface area contributed by atoms with Gasteiger partial charge in [-0.15, -0.1) is 0 Å². The van der Waals surface area contributed by atoms with Gasteiger partial charge in [-0.25, -0.2) is 0 Å². The highest BCUT2D eigenvalue weighted by atomic mass is 16.5. The van der Waals surface area contributed by atoms with Crippen LogP contribution in [0.5, 0.6) is 0 Å². The lowest BCUT2D eigenvalue weighted by atomic mass is 9.47. The molecule has 0 aromatic carbocycles. The lowest BCUT2D eigenvalue weighted by Crippen LogP contribution is -2.51. The molecule has 9 atom stereocenters. The molecule has 0 heterocycles. The number of fused-ring (bicyclic) bond motifs is 5. The minimum Gasteiger partial charge on any atom is -0.462 e. The summed E-state index contributed by atoms with van der Waals surface area (Å²) < 4.78 is 6.17. The number of rotatable bonds is 29. The van der Waals surface area contributed by atoms with Crippen LogP contribution in [-0.2, 0) is 9.53 Å². The number of esters is 1. The van der Waals surface area contributed by atoms with Crippen molar-refractivity contribution >= 4 is 5.97 Å². The molecule has 0 N–H and O–H groups in total. The summed E-state index contributed by atoms with van der Waals surface area (Å²) in [5, 5.41) is 0. The van der Waals surface area contributed by atoms with Crippen LogP contribution in [0, 0.1) is 52.3 Å². The SMILES string of the molecule is CCCCCCCCCCCCCCCCCCCCCCCC(=O)O[C@H]1CC[C@@]2(C)C(=CC[C@H]3[C@@H]4CC[C@H]([C@H](C)CC[C@@H](CC)C(C)C)[C@@]4(C)CC[C@@H]32)C1. The first kappa shape index (κ1) is 46.9. The maximum absolute atomic E-state index is 12.9. The molecule has 3 fully saturated rings. The highest BCUT2D eigenvalue weighted by molar-refractivity contribution is 5.69. The van der Waals surface area contributed by atoms with E-state index in [4.69, 9.17) is 4.74 Å². The highest BCUT2D eigenvalue weighted by Crippen LogP contribution is 2.67. The third-order valence-corrected chi connectivity index (χ3v) is 17.1. The number of ether oxygens (including phenoxy) is 1. The van der Waals surface area contributed by atoms with Gasteiger partial charge in [-0.05, 0) is 110 Å². The van der Waals surface area contributed by atoms with Crippen LogP contribution in [0.15, 0.2) is 11.6 Å². The Hall–Kier alpha value is -0.790. The monoisotopic (exact) mass is 765 g/mol. The van der Waals surface area contributed by atoms with Crippen molar-refractivity contribution in [2.75, 3.05) is 0 Å². The molecular formula is C53H96O2. The van der Waals surface area contributed by atoms with Gasteiger partial charge >= 0.3 is 5.97 Å². The summed E-state index contributed by atoms with van der Waals surface area (Å²) in [4.78, 5) is 12.9. The van der Waals surface area contributed by atoms with Gasteiger partial charge in [0.25, 0.3) is 0 Å². The number of hydrogen-bond acceptors (Lipinski definition) is 2. The first-order valence-electron chi connectivity index (χ1n) is 25.5. The van der Waals surface area contributed by atoms with E-state index in [1.54, 1.807) is 5.57 Å². The van der Waals surface area contributed by atoms with E-state index in [0.717, 1.165) is 60.7 Å². The van der Waals surface area contributed by atoms with Gasteiger partial charge in [0.2, 0.25) is 0 Å². The van der Waals surface area contributed by atoms with Gasteiger partial charge < -0.3 is 4.74 Å². The smallest absolute Gasteiger partial charge is 0.306 e. The zero-order chi connectivity index (χ0) is 39.5. The average molecular weight is 765 g/mol. The summed E-state index contributed by atoms with van der Waals surface area (Å²) >= 11 is 0. The number of unbranched alkanes of at least 4 members (excludes halogenated alkanes) is 20. The van der Waals surface area contributed by atoms with E-state index in [9.17, 15) is 4.79 Å². The minimum absolute atomic E-state index is 0.0684. The normalized spacial score (nSPS) is 30.0. The number of carbonyl (C=O) groups is 1. The zero-order valence-electron chi connectivity index (χ0n) is 38.3. The van der Waals surface area contributed by atoms with E-state index >= 15 is 0 Å². The Morgan fingerprint density at radius 1 is 0.673 bits per heavy atom. The van der Waals surface area contributed by atoms with Gasteiger partial charge in [0.15, 0.2) is 0 Å². The van der Waals surface area contributed by atoms with E-state index in [1.165, 1.54) is 186 Å². The predicted molar refractivity (Wildman–Crippen MR) is 239 cm³/mol. The van der Waals surface area contributed by atoms with Crippen molar-refractivity contribution in [2.24, 2.45) is 52.3 Å². The largest absolute Gasteiger partial charge is 0.462 e. The van der Waals surface area contributed by atoms with Gasteiger partial charge in [0, 0.05) is 12.8 Å². The molecule has 0 radical (unpaired) electrons. The molecule has 0 bridgehead atoms. The Balaban J connectivity index is 1.02. The maximum Gasteiger partial charge on any atom is 0.306 e. The molecular weight excluding hydrogens is 669 g/mol. The van der Waals surface area contributed by atoms with E-state index in [2.05, 4.69) is 54.5 Å². The van der Waals surface area contributed by atoms with Crippen molar-refractivity contribution in [1.29, 1.82) is 0 Å². The Morgan fingerprint density at radius 2 is 1.22 bits per heavy atom.